The first-order chi connectivity index (χ1) is 7.17. The van der Waals surface area contributed by atoms with Crippen LogP contribution in [0.3, 0.4) is 0 Å². The van der Waals surface area contributed by atoms with Gasteiger partial charge in [-0.1, -0.05) is 6.92 Å². The molecular formula is C10H21N3OS. The smallest absolute Gasteiger partial charge is 0.235 e. The Morgan fingerprint density at radius 3 is 3.07 bits per heavy atom. The van der Waals surface area contributed by atoms with Gasteiger partial charge in [-0.15, -0.1) is 0 Å². The molecule has 5 heteroatoms. The van der Waals surface area contributed by atoms with Crippen LogP contribution in [0.2, 0.25) is 0 Å². The molecule has 1 amide bonds. The number of nitrogens with one attached hydrogen (secondary N) is 1. The van der Waals surface area contributed by atoms with Crippen LogP contribution in [0, 0.1) is 0 Å². The first-order valence-corrected chi connectivity index (χ1v) is 6.57. The maximum atomic E-state index is 11.1. The van der Waals surface area contributed by atoms with Crippen molar-refractivity contribution in [2.75, 3.05) is 18.8 Å². The SMILES string of the molecule is CCC1CN(C(C)CC(=O)NN)CCS1. The zero-order valence-electron chi connectivity index (χ0n) is 9.53. The number of hydrogen-bond acceptors (Lipinski definition) is 4. The van der Waals surface area contributed by atoms with Crippen LogP contribution in [-0.4, -0.2) is 40.9 Å². The summed E-state index contributed by atoms with van der Waals surface area (Å²) in [5, 5.41) is 0.724. The van der Waals surface area contributed by atoms with Crippen molar-refractivity contribution in [1.82, 2.24) is 10.3 Å². The highest BCUT2D eigenvalue weighted by Gasteiger charge is 2.23. The van der Waals surface area contributed by atoms with Gasteiger partial charge >= 0.3 is 0 Å². The predicted molar refractivity (Wildman–Crippen MR) is 64.5 cm³/mol. The number of nitrogens with two attached hydrogens (primary N) is 1. The van der Waals surface area contributed by atoms with Crippen LogP contribution in [0.1, 0.15) is 26.7 Å². The molecule has 1 aliphatic rings. The topological polar surface area (TPSA) is 58.4 Å². The zero-order chi connectivity index (χ0) is 11.3. The van der Waals surface area contributed by atoms with Gasteiger partial charge in [0.1, 0.15) is 0 Å². The number of nitrogens with zero attached hydrogens (tertiary/aromatic N) is 1. The molecule has 15 heavy (non-hydrogen) atoms. The Labute approximate surface area is 95.9 Å². The van der Waals surface area contributed by atoms with E-state index in [0.717, 1.165) is 18.3 Å². The van der Waals surface area contributed by atoms with Crippen molar-refractivity contribution in [2.45, 2.75) is 38.0 Å². The Hall–Kier alpha value is -0.260. The summed E-state index contributed by atoms with van der Waals surface area (Å²) in [5.74, 6) is 6.18. The average Bonchev–Trinajstić information content (AvgIpc) is 2.28. The van der Waals surface area contributed by atoms with Gasteiger partial charge < -0.3 is 0 Å². The fourth-order valence-electron chi connectivity index (χ4n) is 1.85. The second-order valence-corrected chi connectivity index (χ2v) is 5.42. The van der Waals surface area contributed by atoms with Crippen molar-refractivity contribution in [1.29, 1.82) is 0 Å². The lowest BCUT2D eigenvalue weighted by Crippen LogP contribution is -2.45. The van der Waals surface area contributed by atoms with Crippen molar-refractivity contribution in [3.63, 3.8) is 0 Å². The molecule has 0 radical (unpaired) electrons. The lowest BCUT2D eigenvalue weighted by Gasteiger charge is -2.35. The van der Waals surface area contributed by atoms with Gasteiger partial charge in [0.25, 0.3) is 0 Å². The van der Waals surface area contributed by atoms with Crippen molar-refractivity contribution >= 4 is 17.7 Å². The van der Waals surface area contributed by atoms with Gasteiger partial charge in [-0.2, -0.15) is 11.8 Å². The highest BCUT2D eigenvalue weighted by atomic mass is 32.2. The molecule has 0 aromatic rings. The molecule has 0 aromatic heterocycles. The summed E-state index contributed by atoms with van der Waals surface area (Å²) in [6.07, 6.45) is 1.70. The molecule has 0 aromatic carbocycles. The van der Waals surface area contributed by atoms with Crippen LogP contribution in [0.4, 0.5) is 0 Å². The molecule has 88 valence electrons. The summed E-state index contributed by atoms with van der Waals surface area (Å²) in [4.78, 5) is 13.5. The summed E-state index contributed by atoms with van der Waals surface area (Å²) in [6, 6.07) is 0.295. The number of amides is 1. The second-order valence-electron chi connectivity index (χ2n) is 4.02. The third kappa shape index (κ3) is 4.01. The number of thioether (sulfide) groups is 1. The molecule has 3 N–H and O–H groups in total. The van der Waals surface area contributed by atoms with Crippen molar-refractivity contribution in [2.24, 2.45) is 5.84 Å². The first-order valence-electron chi connectivity index (χ1n) is 5.52. The van der Waals surface area contributed by atoms with Crippen LogP contribution < -0.4 is 11.3 Å². The third-order valence-electron chi connectivity index (χ3n) is 2.89. The second kappa shape index (κ2) is 6.35. The molecule has 0 saturated carbocycles. The van der Waals surface area contributed by atoms with E-state index in [1.807, 2.05) is 11.8 Å². The minimum Gasteiger partial charge on any atom is -0.298 e. The highest BCUT2D eigenvalue weighted by molar-refractivity contribution is 8.00. The number of hydrogen-bond donors (Lipinski definition) is 2. The van der Waals surface area contributed by atoms with Crippen molar-refractivity contribution in [3.05, 3.63) is 0 Å². The molecule has 4 nitrogen and oxygen atoms in total. The van der Waals surface area contributed by atoms with E-state index in [9.17, 15) is 4.79 Å². The zero-order valence-corrected chi connectivity index (χ0v) is 10.3. The van der Waals surface area contributed by atoms with Crippen LogP contribution in [0.25, 0.3) is 0 Å². The lowest BCUT2D eigenvalue weighted by molar-refractivity contribution is -0.122. The quantitative estimate of drug-likeness (QED) is 0.422. The number of carbonyl (C=O) groups excluding carboxylic acids is 1. The fraction of sp³-hybridized carbons (Fsp3) is 0.900. The van der Waals surface area contributed by atoms with E-state index in [2.05, 4.69) is 24.2 Å². The van der Waals surface area contributed by atoms with Crippen molar-refractivity contribution in [3.8, 4) is 0 Å². The van der Waals surface area contributed by atoms with Gasteiger partial charge in [0, 0.05) is 36.6 Å². The average molecular weight is 231 g/mol. The Morgan fingerprint density at radius 2 is 2.47 bits per heavy atom. The van der Waals surface area contributed by atoms with E-state index in [-0.39, 0.29) is 5.91 Å². The normalized spacial score (nSPS) is 24.9. The van der Waals surface area contributed by atoms with E-state index in [4.69, 9.17) is 5.84 Å². The predicted octanol–water partition coefficient (Wildman–Crippen LogP) is 0.582. The molecule has 1 heterocycles. The number of rotatable bonds is 4. The lowest BCUT2D eigenvalue weighted by atomic mass is 10.1. The van der Waals surface area contributed by atoms with Crippen LogP contribution in [0.5, 0.6) is 0 Å². The van der Waals surface area contributed by atoms with Gasteiger partial charge in [0.2, 0.25) is 5.91 Å². The summed E-state index contributed by atoms with van der Waals surface area (Å²) in [7, 11) is 0. The monoisotopic (exact) mass is 231 g/mol. The molecule has 1 aliphatic heterocycles. The van der Waals surface area contributed by atoms with E-state index in [1.54, 1.807) is 0 Å². The van der Waals surface area contributed by atoms with Crippen LogP contribution in [-0.2, 0) is 4.79 Å². The van der Waals surface area contributed by atoms with Gasteiger partial charge in [0.15, 0.2) is 0 Å². The van der Waals surface area contributed by atoms with E-state index in [0.29, 0.717) is 12.5 Å². The van der Waals surface area contributed by atoms with E-state index >= 15 is 0 Å². The Bertz CT molecular complexity index is 213. The molecule has 0 spiro atoms. The Kier molecular flexibility index (Phi) is 5.42. The molecule has 2 atom stereocenters. The highest BCUT2D eigenvalue weighted by Crippen LogP contribution is 2.23. The molecule has 1 saturated heterocycles. The molecule has 2 unspecified atom stereocenters. The fourth-order valence-corrected chi connectivity index (χ4v) is 3.05. The van der Waals surface area contributed by atoms with E-state index in [1.165, 1.54) is 12.2 Å². The van der Waals surface area contributed by atoms with Gasteiger partial charge in [-0.3, -0.25) is 15.1 Å². The first kappa shape index (κ1) is 12.8. The largest absolute Gasteiger partial charge is 0.298 e. The third-order valence-corrected chi connectivity index (χ3v) is 4.26. The van der Waals surface area contributed by atoms with E-state index < -0.39 is 0 Å². The number of hydrazine groups is 1. The van der Waals surface area contributed by atoms with Crippen LogP contribution in [0.15, 0.2) is 0 Å². The minimum atomic E-state index is -0.0752. The molecule has 0 aliphatic carbocycles. The summed E-state index contributed by atoms with van der Waals surface area (Å²) < 4.78 is 0. The van der Waals surface area contributed by atoms with Crippen molar-refractivity contribution < 1.29 is 4.79 Å². The molecule has 1 rings (SSSR count). The summed E-state index contributed by atoms with van der Waals surface area (Å²) >= 11 is 2.04. The van der Waals surface area contributed by atoms with Gasteiger partial charge in [0.05, 0.1) is 0 Å². The number of carbonyl (C=O) groups is 1. The summed E-state index contributed by atoms with van der Waals surface area (Å²) in [5.41, 5.74) is 2.19. The standard InChI is InChI=1S/C10H21N3OS/c1-3-9-7-13(4-5-15-9)8(2)6-10(14)12-11/h8-9H,3-7,11H2,1-2H3,(H,12,14). The molecular weight excluding hydrogens is 210 g/mol. The Morgan fingerprint density at radius 1 is 1.73 bits per heavy atom. The molecule has 1 fully saturated rings. The van der Waals surface area contributed by atoms with Gasteiger partial charge in [-0.05, 0) is 13.3 Å². The minimum absolute atomic E-state index is 0.0752. The molecule has 0 bridgehead atoms. The summed E-state index contributed by atoms with van der Waals surface area (Å²) in [6.45, 7) is 6.50. The van der Waals surface area contributed by atoms with Crippen LogP contribution >= 0.6 is 11.8 Å². The van der Waals surface area contributed by atoms with Gasteiger partial charge in [-0.25, -0.2) is 5.84 Å². The Balaban J connectivity index is 2.37. The maximum absolute atomic E-state index is 11.1. The maximum Gasteiger partial charge on any atom is 0.235 e.